The molecule has 3 rings (SSSR count). The SMILES string of the molecule is CC(C)=CCC/C(C)=C/CC/C(C)=C/Cn1c(=O)c(F)cn([C@@H]2O[C@H](CO)[C@H]3OC(C)(C)O[C@@H]32)c1=O. The van der Waals surface area contributed by atoms with Crippen molar-refractivity contribution >= 4 is 0 Å². The van der Waals surface area contributed by atoms with E-state index in [0.717, 1.165) is 46.6 Å². The molecule has 1 aromatic heterocycles. The van der Waals surface area contributed by atoms with Gasteiger partial charge in [0.2, 0.25) is 5.82 Å². The molecule has 3 heterocycles. The van der Waals surface area contributed by atoms with Gasteiger partial charge < -0.3 is 19.3 Å². The van der Waals surface area contributed by atoms with Gasteiger partial charge in [0.05, 0.1) is 12.8 Å². The molecule has 1 N–H and O–H groups in total. The number of hydrogen-bond acceptors (Lipinski definition) is 6. The van der Waals surface area contributed by atoms with Crippen LogP contribution in [0.5, 0.6) is 0 Å². The van der Waals surface area contributed by atoms with Crippen molar-refractivity contribution in [2.45, 2.75) is 104 Å². The first-order chi connectivity index (χ1) is 16.9. The van der Waals surface area contributed by atoms with Gasteiger partial charge in [0.1, 0.15) is 18.3 Å². The third-order valence-corrected chi connectivity index (χ3v) is 6.48. The zero-order valence-electron chi connectivity index (χ0n) is 22.1. The second kappa shape index (κ2) is 11.8. The molecule has 0 unspecified atom stereocenters. The van der Waals surface area contributed by atoms with E-state index in [4.69, 9.17) is 14.2 Å². The number of rotatable bonds is 10. The molecule has 0 spiro atoms. The number of aliphatic hydroxyl groups excluding tert-OH is 1. The molecule has 2 aliphatic rings. The number of fused-ring (bicyclic) bond motifs is 1. The predicted octanol–water partition coefficient (Wildman–Crippen LogP) is 3.98. The van der Waals surface area contributed by atoms with E-state index < -0.39 is 47.4 Å². The van der Waals surface area contributed by atoms with E-state index >= 15 is 0 Å². The molecule has 0 saturated carbocycles. The smallest absolute Gasteiger partial charge is 0.333 e. The van der Waals surface area contributed by atoms with E-state index in [-0.39, 0.29) is 13.2 Å². The number of ether oxygens (including phenoxy) is 3. The van der Waals surface area contributed by atoms with Crippen molar-refractivity contribution in [3.63, 3.8) is 0 Å². The lowest BCUT2D eigenvalue weighted by atomic mass is 10.1. The largest absolute Gasteiger partial charge is 0.394 e. The van der Waals surface area contributed by atoms with Crippen molar-refractivity contribution in [3.05, 3.63) is 67.8 Å². The summed E-state index contributed by atoms with van der Waals surface area (Å²) in [5, 5.41) is 9.69. The number of aromatic nitrogens is 2. The van der Waals surface area contributed by atoms with Gasteiger partial charge in [-0.15, -0.1) is 0 Å². The number of nitrogens with zero attached hydrogens (tertiary/aromatic N) is 2. The molecule has 2 saturated heterocycles. The molecule has 0 amide bonds. The van der Waals surface area contributed by atoms with Crippen molar-refractivity contribution < 1.29 is 23.7 Å². The Labute approximate surface area is 211 Å². The molecular formula is C27H39FN2O6. The van der Waals surface area contributed by atoms with Crippen molar-refractivity contribution in [1.82, 2.24) is 9.13 Å². The summed E-state index contributed by atoms with van der Waals surface area (Å²) in [5.41, 5.74) is 1.93. The van der Waals surface area contributed by atoms with Crippen LogP contribution in [0, 0.1) is 5.82 Å². The molecule has 0 aromatic carbocycles. The van der Waals surface area contributed by atoms with Crippen LogP contribution < -0.4 is 11.2 Å². The maximum atomic E-state index is 14.6. The number of allylic oxidation sites excluding steroid dienone is 6. The van der Waals surface area contributed by atoms with Gasteiger partial charge in [-0.1, -0.05) is 34.9 Å². The van der Waals surface area contributed by atoms with E-state index in [0.29, 0.717) is 0 Å². The summed E-state index contributed by atoms with van der Waals surface area (Å²) in [4.78, 5) is 25.7. The minimum Gasteiger partial charge on any atom is -0.394 e. The van der Waals surface area contributed by atoms with Crippen LogP contribution in [0.3, 0.4) is 0 Å². The van der Waals surface area contributed by atoms with Crippen LogP contribution in [-0.2, 0) is 20.8 Å². The van der Waals surface area contributed by atoms with Gasteiger partial charge in [0.25, 0.3) is 5.56 Å². The summed E-state index contributed by atoms with van der Waals surface area (Å²) < 4.78 is 34.0. The lowest BCUT2D eigenvalue weighted by Crippen LogP contribution is -2.44. The van der Waals surface area contributed by atoms with Crippen molar-refractivity contribution in [2.75, 3.05) is 6.61 Å². The highest BCUT2D eigenvalue weighted by molar-refractivity contribution is 5.06. The zero-order valence-corrected chi connectivity index (χ0v) is 22.1. The molecule has 8 nitrogen and oxygen atoms in total. The topological polar surface area (TPSA) is 91.9 Å². The molecule has 2 fully saturated rings. The molecule has 0 radical (unpaired) electrons. The van der Waals surface area contributed by atoms with E-state index in [9.17, 15) is 19.1 Å². The highest BCUT2D eigenvalue weighted by Crippen LogP contribution is 2.42. The highest BCUT2D eigenvalue weighted by atomic mass is 19.1. The zero-order chi connectivity index (χ0) is 26.6. The Kier molecular flexibility index (Phi) is 9.27. The first kappa shape index (κ1) is 28.2. The third kappa shape index (κ3) is 6.70. The molecular weight excluding hydrogens is 467 g/mol. The molecule has 1 aromatic rings. The van der Waals surface area contributed by atoms with Gasteiger partial charge in [0, 0.05) is 6.54 Å². The first-order valence-electron chi connectivity index (χ1n) is 12.5. The lowest BCUT2D eigenvalue weighted by molar-refractivity contribution is -0.200. The van der Waals surface area contributed by atoms with Gasteiger partial charge in [-0.2, -0.15) is 4.39 Å². The Balaban J connectivity index is 1.74. The summed E-state index contributed by atoms with van der Waals surface area (Å²) in [7, 11) is 0. The third-order valence-electron chi connectivity index (χ3n) is 6.48. The van der Waals surface area contributed by atoms with Gasteiger partial charge in [-0.25, -0.2) is 4.79 Å². The lowest BCUT2D eigenvalue weighted by Gasteiger charge is -2.24. The quantitative estimate of drug-likeness (QED) is 0.483. The Morgan fingerprint density at radius 3 is 2.28 bits per heavy atom. The standard InChI is InChI=1S/C27H39FN2O6/c1-17(2)9-7-10-18(3)11-8-12-19(4)13-14-29-24(32)20(28)15-30(26(29)33)25-23-22(21(16-31)34-25)35-27(5,6)36-23/h9,11,13,15,21-23,25,31H,7-8,10,12,14,16H2,1-6H3/b18-11+,19-13+/t21-,22-,23+,25-/m1/s1. The van der Waals surface area contributed by atoms with E-state index in [1.165, 1.54) is 11.1 Å². The van der Waals surface area contributed by atoms with Crippen LogP contribution in [0.2, 0.25) is 0 Å². The molecule has 0 bridgehead atoms. The number of aliphatic hydroxyl groups is 1. The van der Waals surface area contributed by atoms with Crippen LogP contribution in [0.25, 0.3) is 0 Å². The number of halogens is 1. The van der Waals surface area contributed by atoms with Crippen LogP contribution >= 0.6 is 0 Å². The Morgan fingerprint density at radius 2 is 1.64 bits per heavy atom. The van der Waals surface area contributed by atoms with E-state index in [1.54, 1.807) is 19.9 Å². The van der Waals surface area contributed by atoms with Crippen molar-refractivity contribution in [3.8, 4) is 0 Å². The molecule has 36 heavy (non-hydrogen) atoms. The fourth-order valence-corrected chi connectivity index (χ4v) is 4.55. The fraction of sp³-hybridized carbons (Fsp3) is 0.630. The molecule has 4 atom stereocenters. The van der Waals surface area contributed by atoms with Crippen LogP contribution in [0.15, 0.2) is 50.7 Å². The normalized spacial score (nSPS) is 25.8. The highest BCUT2D eigenvalue weighted by Gasteiger charge is 2.56. The number of hydrogen-bond donors (Lipinski definition) is 1. The van der Waals surface area contributed by atoms with E-state index in [2.05, 4.69) is 32.9 Å². The molecule has 2 aliphatic heterocycles. The Hall–Kier alpha value is -2.33. The van der Waals surface area contributed by atoms with E-state index in [1.807, 2.05) is 6.92 Å². The maximum Gasteiger partial charge on any atom is 0.333 e. The molecule has 0 aliphatic carbocycles. The first-order valence-corrected chi connectivity index (χ1v) is 12.5. The summed E-state index contributed by atoms with van der Waals surface area (Å²) >= 11 is 0. The second-order valence-electron chi connectivity index (χ2n) is 10.4. The predicted molar refractivity (Wildman–Crippen MR) is 135 cm³/mol. The van der Waals surface area contributed by atoms with Crippen LogP contribution in [0.1, 0.15) is 73.5 Å². The van der Waals surface area contributed by atoms with Gasteiger partial charge in [0.15, 0.2) is 12.0 Å². The minimum atomic E-state index is -1.07. The van der Waals surface area contributed by atoms with Gasteiger partial charge in [-0.05, 0) is 67.2 Å². The summed E-state index contributed by atoms with van der Waals surface area (Å²) in [6, 6.07) is 0. The van der Waals surface area contributed by atoms with Gasteiger partial charge >= 0.3 is 5.69 Å². The van der Waals surface area contributed by atoms with Crippen molar-refractivity contribution in [2.24, 2.45) is 0 Å². The fourth-order valence-electron chi connectivity index (χ4n) is 4.55. The monoisotopic (exact) mass is 506 g/mol. The molecule has 200 valence electrons. The summed E-state index contributed by atoms with van der Waals surface area (Å²) in [5.74, 6) is -2.01. The molecule has 9 heteroatoms. The Bertz CT molecular complexity index is 1140. The average Bonchev–Trinajstić information content (AvgIpc) is 3.28. The maximum absolute atomic E-state index is 14.6. The van der Waals surface area contributed by atoms with Gasteiger partial charge in [-0.3, -0.25) is 13.9 Å². The van der Waals surface area contributed by atoms with Crippen LogP contribution in [-0.4, -0.2) is 44.9 Å². The van der Waals surface area contributed by atoms with Crippen LogP contribution in [0.4, 0.5) is 4.39 Å². The minimum absolute atomic E-state index is 0.0579. The van der Waals surface area contributed by atoms with Crippen molar-refractivity contribution in [1.29, 1.82) is 0 Å². The Morgan fingerprint density at radius 1 is 1.03 bits per heavy atom. The summed E-state index contributed by atoms with van der Waals surface area (Å²) in [6.45, 7) is 11.3. The second-order valence-corrected chi connectivity index (χ2v) is 10.4. The average molecular weight is 507 g/mol. The summed E-state index contributed by atoms with van der Waals surface area (Å²) in [6.07, 6.45) is 7.57.